The van der Waals surface area contributed by atoms with E-state index in [1.54, 1.807) is 0 Å². The maximum absolute atomic E-state index is 11.2. The Labute approximate surface area is 84.1 Å². The molecule has 0 radical (unpaired) electrons. The Bertz CT molecular complexity index is 214. The van der Waals surface area contributed by atoms with Crippen LogP contribution in [0, 0.1) is 11.8 Å². The monoisotopic (exact) mass is 200 g/mol. The molecule has 1 aliphatic carbocycles. The lowest BCUT2D eigenvalue weighted by atomic mass is 10.2. The number of thiocarbonyl (C=S) groups is 1. The van der Waals surface area contributed by atoms with Gasteiger partial charge in [-0.1, -0.05) is 19.1 Å². The molecule has 3 nitrogen and oxygen atoms in total. The SMILES string of the molecule is CC(CNC(=O)CC1CC1)C(N)=S. The second kappa shape index (κ2) is 4.56. The summed E-state index contributed by atoms with van der Waals surface area (Å²) in [5, 5.41) is 2.83. The zero-order valence-electron chi connectivity index (χ0n) is 7.88. The van der Waals surface area contributed by atoms with Crippen molar-refractivity contribution < 1.29 is 4.79 Å². The fourth-order valence-electron chi connectivity index (χ4n) is 1.02. The number of hydrogen-bond donors (Lipinski definition) is 2. The maximum atomic E-state index is 11.2. The molecule has 0 aromatic carbocycles. The molecule has 0 saturated heterocycles. The third-order valence-electron chi connectivity index (χ3n) is 2.26. The molecule has 1 fully saturated rings. The van der Waals surface area contributed by atoms with Crippen molar-refractivity contribution in [2.24, 2.45) is 17.6 Å². The van der Waals surface area contributed by atoms with Crippen LogP contribution in [0.2, 0.25) is 0 Å². The van der Waals surface area contributed by atoms with Gasteiger partial charge in [-0.25, -0.2) is 0 Å². The Kier molecular flexibility index (Phi) is 3.66. The van der Waals surface area contributed by atoms with Gasteiger partial charge in [-0.3, -0.25) is 4.79 Å². The molecule has 1 saturated carbocycles. The first-order valence-electron chi connectivity index (χ1n) is 4.65. The molecule has 1 amide bonds. The summed E-state index contributed by atoms with van der Waals surface area (Å²) in [7, 11) is 0. The first-order chi connectivity index (χ1) is 6.09. The number of carbonyl (C=O) groups excluding carboxylic acids is 1. The van der Waals surface area contributed by atoms with Crippen molar-refractivity contribution in [3.05, 3.63) is 0 Å². The van der Waals surface area contributed by atoms with Gasteiger partial charge in [-0.2, -0.15) is 0 Å². The van der Waals surface area contributed by atoms with Crippen LogP contribution in [0.1, 0.15) is 26.2 Å². The molecule has 0 aromatic heterocycles. The van der Waals surface area contributed by atoms with E-state index in [-0.39, 0.29) is 11.8 Å². The molecule has 1 unspecified atom stereocenters. The van der Waals surface area contributed by atoms with Gasteiger partial charge < -0.3 is 11.1 Å². The van der Waals surface area contributed by atoms with Crippen LogP contribution in [-0.4, -0.2) is 17.4 Å². The third-order valence-corrected chi connectivity index (χ3v) is 2.66. The van der Waals surface area contributed by atoms with Crippen molar-refractivity contribution in [2.75, 3.05) is 6.54 Å². The summed E-state index contributed by atoms with van der Waals surface area (Å²) in [6.07, 6.45) is 3.08. The van der Waals surface area contributed by atoms with Crippen LogP contribution in [0.15, 0.2) is 0 Å². The fraction of sp³-hybridized carbons (Fsp3) is 0.778. The number of nitrogens with one attached hydrogen (secondary N) is 1. The van der Waals surface area contributed by atoms with E-state index in [1.807, 2.05) is 6.92 Å². The first kappa shape index (κ1) is 10.4. The number of nitrogens with two attached hydrogens (primary N) is 1. The van der Waals surface area contributed by atoms with Crippen LogP contribution in [0.25, 0.3) is 0 Å². The highest BCUT2D eigenvalue weighted by Crippen LogP contribution is 2.31. The molecule has 3 N–H and O–H groups in total. The third kappa shape index (κ3) is 4.22. The van der Waals surface area contributed by atoms with Crippen LogP contribution in [0.3, 0.4) is 0 Å². The minimum atomic E-state index is 0.0955. The lowest BCUT2D eigenvalue weighted by Gasteiger charge is -2.10. The number of carbonyl (C=O) groups is 1. The number of rotatable bonds is 5. The lowest BCUT2D eigenvalue weighted by molar-refractivity contribution is -0.121. The minimum absolute atomic E-state index is 0.0955. The van der Waals surface area contributed by atoms with Crippen molar-refractivity contribution in [1.82, 2.24) is 5.32 Å². The molecule has 1 aliphatic rings. The second-order valence-electron chi connectivity index (χ2n) is 3.75. The van der Waals surface area contributed by atoms with Gasteiger partial charge in [0.15, 0.2) is 0 Å². The molecule has 0 aliphatic heterocycles. The van der Waals surface area contributed by atoms with Crippen molar-refractivity contribution in [3.8, 4) is 0 Å². The van der Waals surface area contributed by atoms with Gasteiger partial charge >= 0.3 is 0 Å². The molecule has 74 valence electrons. The molecule has 0 bridgehead atoms. The van der Waals surface area contributed by atoms with Gasteiger partial charge in [0.25, 0.3) is 0 Å². The molecule has 1 rings (SSSR count). The topological polar surface area (TPSA) is 55.1 Å². The Morgan fingerprint density at radius 3 is 2.77 bits per heavy atom. The van der Waals surface area contributed by atoms with Gasteiger partial charge in [-0.05, 0) is 18.8 Å². The summed E-state index contributed by atoms with van der Waals surface area (Å²) in [5.41, 5.74) is 5.42. The average molecular weight is 200 g/mol. The van der Waals surface area contributed by atoms with E-state index in [4.69, 9.17) is 18.0 Å². The standard InChI is InChI=1S/C9H16N2OS/c1-6(9(10)13)5-11-8(12)4-7-2-3-7/h6-7H,2-5H2,1H3,(H2,10,13)(H,11,12). The molecule has 0 aromatic rings. The zero-order valence-corrected chi connectivity index (χ0v) is 8.69. The molecule has 4 heteroatoms. The summed E-state index contributed by atoms with van der Waals surface area (Å²) in [6.45, 7) is 2.49. The first-order valence-corrected chi connectivity index (χ1v) is 5.06. The van der Waals surface area contributed by atoms with Crippen molar-refractivity contribution in [2.45, 2.75) is 26.2 Å². The summed E-state index contributed by atoms with van der Waals surface area (Å²) < 4.78 is 0. The predicted molar refractivity (Wildman–Crippen MR) is 56.3 cm³/mol. The van der Waals surface area contributed by atoms with Crippen molar-refractivity contribution in [3.63, 3.8) is 0 Å². The van der Waals surface area contributed by atoms with Crippen molar-refractivity contribution in [1.29, 1.82) is 0 Å². The van der Waals surface area contributed by atoms with E-state index >= 15 is 0 Å². The van der Waals surface area contributed by atoms with Gasteiger partial charge in [0.2, 0.25) is 5.91 Å². The average Bonchev–Trinajstić information content (AvgIpc) is 2.83. The lowest BCUT2D eigenvalue weighted by Crippen LogP contribution is -2.33. The van der Waals surface area contributed by atoms with E-state index in [9.17, 15) is 4.79 Å². The molecule has 0 spiro atoms. The summed E-state index contributed by atoms with van der Waals surface area (Å²) in [5.74, 6) is 0.865. The highest BCUT2D eigenvalue weighted by molar-refractivity contribution is 7.80. The van der Waals surface area contributed by atoms with Crippen LogP contribution in [-0.2, 0) is 4.79 Å². The Balaban J connectivity index is 2.09. The predicted octanol–water partition coefficient (Wildman–Crippen LogP) is 0.825. The van der Waals surface area contributed by atoms with Gasteiger partial charge in [0.1, 0.15) is 0 Å². The normalized spacial score (nSPS) is 17.9. The van der Waals surface area contributed by atoms with Gasteiger partial charge in [-0.15, -0.1) is 0 Å². The van der Waals surface area contributed by atoms with Crippen LogP contribution >= 0.6 is 12.2 Å². The van der Waals surface area contributed by atoms with Crippen molar-refractivity contribution >= 4 is 23.1 Å². The Morgan fingerprint density at radius 2 is 2.31 bits per heavy atom. The minimum Gasteiger partial charge on any atom is -0.393 e. The quantitative estimate of drug-likeness (QED) is 0.646. The van der Waals surface area contributed by atoms with Gasteiger partial charge in [0, 0.05) is 18.9 Å². The van der Waals surface area contributed by atoms with E-state index in [2.05, 4.69) is 5.32 Å². The van der Waals surface area contributed by atoms with E-state index in [0.29, 0.717) is 23.9 Å². The largest absolute Gasteiger partial charge is 0.393 e. The van der Waals surface area contributed by atoms with Gasteiger partial charge in [0.05, 0.1) is 4.99 Å². The molecular weight excluding hydrogens is 184 g/mol. The Hall–Kier alpha value is -0.640. The highest BCUT2D eigenvalue weighted by atomic mass is 32.1. The zero-order chi connectivity index (χ0) is 9.84. The van der Waals surface area contributed by atoms with Crippen LogP contribution < -0.4 is 11.1 Å². The van der Waals surface area contributed by atoms with E-state index in [0.717, 1.165) is 0 Å². The highest BCUT2D eigenvalue weighted by Gasteiger charge is 2.24. The second-order valence-corrected chi connectivity index (χ2v) is 4.23. The van der Waals surface area contributed by atoms with E-state index in [1.165, 1.54) is 12.8 Å². The maximum Gasteiger partial charge on any atom is 0.220 e. The molecule has 13 heavy (non-hydrogen) atoms. The number of hydrogen-bond acceptors (Lipinski definition) is 2. The number of amides is 1. The van der Waals surface area contributed by atoms with Crippen LogP contribution in [0.4, 0.5) is 0 Å². The fourth-order valence-corrected chi connectivity index (χ4v) is 1.11. The molecule has 1 atom stereocenters. The molecular formula is C9H16N2OS. The summed E-state index contributed by atoms with van der Waals surface area (Å²) in [6, 6.07) is 0. The summed E-state index contributed by atoms with van der Waals surface area (Å²) >= 11 is 4.80. The van der Waals surface area contributed by atoms with Crippen LogP contribution in [0.5, 0.6) is 0 Å². The van der Waals surface area contributed by atoms with E-state index < -0.39 is 0 Å². The molecule has 0 heterocycles. The summed E-state index contributed by atoms with van der Waals surface area (Å²) in [4.78, 5) is 11.7. The smallest absolute Gasteiger partial charge is 0.220 e. The Morgan fingerprint density at radius 1 is 1.69 bits per heavy atom.